The molecule has 4 N–H and O–H groups in total. The molecule has 62 heavy (non-hydrogen) atoms. The summed E-state index contributed by atoms with van der Waals surface area (Å²) in [5.41, 5.74) is 3.85. The number of fused-ring (bicyclic) bond motifs is 2. The molecule has 1 atom stereocenters. The van der Waals surface area contributed by atoms with Gasteiger partial charge in [0, 0.05) is 83.1 Å². The van der Waals surface area contributed by atoms with Gasteiger partial charge >= 0.3 is 0 Å². The minimum Gasteiger partial charge on any atom is -0.494 e. The first-order chi connectivity index (χ1) is 30.0. The summed E-state index contributed by atoms with van der Waals surface area (Å²) in [4.78, 5) is 43.0. The number of nitrogens with one attached hydrogen (secondary N) is 4. The number of aromatic nitrogens is 3. The highest BCUT2D eigenvalue weighted by atomic mass is 32.2. The molecule has 326 valence electrons. The van der Waals surface area contributed by atoms with Gasteiger partial charge in [-0.05, 0) is 85.8 Å². The van der Waals surface area contributed by atoms with Gasteiger partial charge in [0.25, 0.3) is 5.91 Å². The largest absolute Gasteiger partial charge is 0.494 e. The van der Waals surface area contributed by atoms with Gasteiger partial charge in [0.2, 0.25) is 21.9 Å². The van der Waals surface area contributed by atoms with Crippen LogP contribution in [0.15, 0.2) is 72.9 Å². The Labute approximate surface area is 359 Å². The monoisotopic (exact) mass is 866 g/mol. The van der Waals surface area contributed by atoms with Gasteiger partial charge < -0.3 is 34.9 Å². The first-order valence-electron chi connectivity index (χ1n) is 21.3. The van der Waals surface area contributed by atoms with Gasteiger partial charge in [-0.2, -0.15) is 9.97 Å². The second-order valence-corrected chi connectivity index (χ2v) is 18.2. The van der Waals surface area contributed by atoms with E-state index in [-0.39, 0.29) is 24.1 Å². The molecule has 3 saturated heterocycles. The summed E-state index contributed by atoms with van der Waals surface area (Å²) in [6.45, 7) is 7.52. The normalized spacial score (nSPS) is 19.1. The highest BCUT2D eigenvalue weighted by Crippen LogP contribution is 2.39. The Morgan fingerprint density at radius 3 is 2.42 bits per heavy atom. The molecule has 0 spiro atoms. The number of benzene rings is 3. The number of piperazine rings is 1. The van der Waals surface area contributed by atoms with E-state index in [0.29, 0.717) is 72.0 Å². The molecule has 1 unspecified atom stereocenters. The first kappa shape index (κ1) is 41.4. The van der Waals surface area contributed by atoms with Crippen LogP contribution in [-0.2, 0) is 26.0 Å². The van der Waals surface area contributed by atoms with E-state index in [9.17, 15) is 18.0 Å². The van der Waals surface area contributed by atoms with Gasteiger partial charge in [-0.1, -0.05) is 12.1 Å². The third-order valence-electron chi connectivity index (χ3n) is 12.1. The molecular formula is C44H51FN10O6S. The van der Waals surface area contributed by atoms with Crippen molar-refractivity contribution in [3.05, 3.63) is 84.3 Å². The van der Waals surface area contributed by atoms with E-state index in [1.54, 1.807) is 18.3 Å². The molecule has 6 heterocycles. The third-order valence-corrected chi connectivity index (χ3v) is 13.3. The Balaban J connectivity index is 0.726. The number of aromatic amines is 1. The average Bonchev–Trinajstić information content (AvgIpc) is 3.93. The summed E-state index contributed by atoms with van der Waals surface area (Å²) in [7, 11) is -3.47. The molecule has 0 aliphatic carbocycles. The highest BCUT2D eigenvalue weighted by molar-refractivity contribution is 7.92. The fraction of sp³-hybridized carbons (Fsp3) is 0.409. The van der Waals surface area contributed by atoms with Crippen molar-refractivity contribution in [2.45, 2.75) is 50.7 Å². The molecule has 4 aliphatic rings. The number of para-hydroxylation sites is 1. The number of sulfonamides is 1. The Hall–Kier alpha value is -5.98. The lowest BCUT2D eigenvalue weighted by molar-refractivity contribution is -0.138. The summed E-state index contributed by atoms with van der Waals surface area (Å²) < 4.78 is 54.1. The summed E-state index contributed by atoms with van der Waals surface area (Å²) >= 11 is 0. The number of rotatable bonds is 14. The highest BCUT2D eigenvalue weighted by Gasteiger charge is 2.31. The van der Waals surface area contributed by atoms with Crippen molar-refractivity contribution in [2.24, 2.45) is 0 Å². The van der Waals surface area contributed by atoms with E-state index in [2.05, 4.69) is 40.6 Å². The SMILES string of the molecule is CS(=O)(=O)N1CCc2cccc(Nc3nc(Nc4ccc(N5CCC(N6CCN(CCCOc7ccc(OC8CCC(=O)NC8=O)cc7)CC6)CC5)c(F)c4)nc4[nH]ccc34)c21. The summed E-state index contributed by atoms with van der Waals surface area (Å²) in [6, 6.07) is 20.3. The Morgan fingerprint density at radius 2 is 1.66 bits per heavy atom. The predicted molar refractivity (Wildman–Crippen MR) is 236 cm³/mol. The molecule has 0 radical (unpaired) electrons. The molecule has 3 fully saturated rings. The number of carbonyl (C=O) groups excluding carboxylic acids is 2. The standard InChI is InChI=1S/C44H51FN10O6S/c1-62(58,59)55-22-15-29-4-2-5-36(40(29)55)48-42-34-14-18-46-41(34)50-44(51-42)47-30-6-11-37(35(45)28-30)54-20-16-31(17-21-54)53-25-23-52(24-26-53)19-3-27-60-32-7-9-33(10-8-32)61-38-12-13-39(56)49-43(38)57/h2,4-11,14,18,28,31,38H,3,12-13,15-17,19-27H2,1H3,(H,49,56,57)(H3,46,47,48,50,51). The molecule has 4 aliphatic heterocycles. The van der Waals surface area contributed by atoms with Crippen molar-refractivity contribution in [1.29, 1.82) is 0 Å². The first-order valence-corrected chi connectivity index (χ1v) is 23.1. The van der Waals surface area contributed by atoms with E-state index in [4.69, 9.17) is 14.5 Å². The number of nitrogens with zero attached hydrogens (tertiary/aromatic N) is 6. The van der Waals surface area contributed by atoms with Crippen molar-refractivity contribution >= 4 is 67.4 Å². The van der Waals surface area contributed by atoms with E-state index in [0.717, 1.165) is 81.8 Å². The summed E-state index contributed by atoms with van der Waals surface area (Å²) in [5, 5.41) is 9.57. The summed E-state index contributed by atoms with van der Waals surface area (Å²) in [5.74, 6) is 1.07. The maximum atomic E-state index is 15.8. The van der Waals surface area contributed by atoms with Crippen LogP contribution in [0.5, 0.6) is 11.5 Å². The number of anilines is 6. The predicted octanol–water partition coefficient (Wildman–Crippen LogP) is 5.15. The number of piperidine rings is 2. The van der Waals surface area contributed by atoms with E-state index < -0.39 is 22.0 Å². The number of hydrogen-bond acceptors (Lipinski definition) is 13. The van der Waals surface area contributed by atoms with Gasteiger partial charge in [-0.15, -0.1) is 0 Å². The van der Waals surface area contributed by atoms with Crippen LogP contribution in [0.4, 0.5) is 38.9 Å². The number of imide groups is 1. The molecule has 9 rings (SSSR count). The molecule has 5 aromatic rings. The number of hydrogen-bond donors (Lipinski definition) is 4. The molecular weight excluding hydrogens is 816 g/mol. The van der Waals surface area contributed by atoms with Gasteiger partial charge in [0.1, 0.15) is 28.8 Å². The van der Waals surface area contributed by atoms with Crippen LogP contribution >= 0.6 is 0 Å². The lowest BCUT2D eigenvalue weighted by atomic mass is 10.0. The topological polar surface area (TPSA) is 177 Å². The van der Waals surface area contributed by atoms with Crippen molar-refractivity contribution in [1.82, 2.24) is 30.1 Å². The number of H-pyrrole nitrogens is 1. The lowest BCUT2D eigenvalue weighted by Gasteiger charge is -2.43. The Kier molecular flexibility index (Phi) is 11.9. The maximum Gasteiger partial charge on any atom is 0.267 e. The van der Waals surface area contributed by atoms with Crippen molar-refractivity contribution in [3.63, 3.8) is 0 Å². The van der Waals surface area contributed by atoms with Crippen LogP contribution in [0, 0.1) is 5.82 Å². The number of carbonyl (C=O) groups is 2. The van der Waals surface area contributed by atoms with Crippen LogP contribution in [-0.4, -0.2) is 122 Å². The smallest absolute Gasteiger partial charge is 0.267 e. The zero-order valence-electron chi connectivity index (χ0n) is 34.6. The zero-order valence-corrected chi connectivity index (χ0v) is 35.4. The molecule has 0 bridgehead atoms. The van der Waals surface area contributed by atoms with Gasteiger partial charge in [-0.3, -0.25) is 24.1 Å². The van der Waals surface area contributed by atoms with Crippen molar-refractivity contribution in [3.8, 4) is 11.5 Å². The van der Waals surface area contributed by atoms with Crippen molar-refractivity contribution in [2.75, 3.05) is 85.1 Å². The number of amides is 2. The van der Waals surface area contributed by atoms with Crippen molar-refractivity contribution < 1.29 is 31.9 Å². The Bertz CT molecular complexity index is 2540. The molecule has 18 heteroatoms. The van der Waals surface area contributed by atoms with Gasteiger partial charge in [-0.25, -0.2) is 12.8 Å². The molecule has 2 aromatic heterocycles. The second kappa shape index (κ2) is 17.8. The van der Waals surface area contributed by atoms with Crippen LogP contribution in [0.2, 0.25) is 0 Å². The average molecular weight is 867 g/mol. The molecule has 0 saturated carbocycles. The summed E-state index contributed by atoms with van der Waals surface area (Å²) in [6.07, 6.45) is 6.43. The van der Waals surface area contributed by atoms with Crippen LogP contribution in [0.1, 0.15) is 37.7 Å². The van der Waals surface area contributed by atoms with Gasteiger partial charge in [0.15, 0.2) is 6.10 Å². The van der Waals surface area contributed by atoms with Crippen LogP contribution in [0.3, 0.4) is 0 Å². The van der Waals surface area contributed by atoms with Crippen LogP contribution in [0.25, 0.3) is 11.0 Å². The minimum absolute atomic E-state index is 0.263. The lowest BCUT2D eigenvalue weighted by Crippen LogP contribution is -2.53. The maximum absolute atomic E-state index is 15.8. The van der Waals surface area contributed by atoms with E-state index in [1.165, 1.54) is 16.6 Å². The number of ether oxygens (including phenoxy) is 2. The van der Waals surface area contributed by atoms with E-state index >= 15 is 4.39 Å². The number of halogens is 1. The Morgan fingerprint density at radius 1 is 0.871 bits per heavy atom. The zero-order chi connectivity index (χ0) is 42.8. The van der Waals surface area contributed by atoms with Gasteiger partial charge in [0.05, 0.1) is 35.3 Å². The second-order valence-electron chi connectivity index (χ2n) is 16.3. The van der Waals surface area contributed by atoms with Crippen LogP contribution < -0.4 is 34.6 Å². The fourth-order valence-electron chi connectivity index (χ4n) is 8.91. The molecule has 16 nitrogen and oxygen atoms in total. The molecule has 2 amide bonds. The quantitative estimate of drug-likeness (QED) is 0.0853. The third kappa shape index (κ3) is 9.27. The fourth-order valence-corrected chi connectivity index (χ4v) is 9.88. The molecule has 3 aromatic carbocycles. The minimum atomic E-state index is -3.47. The van der Waals surface area contributed by atoms with E-state index in [1.807, 2.05) is 48.5 Å².